The van der Waals surface area contributed by atoms with Crippen molar-refractivity contribution in [1.29, 1.82) is 0 Å². The van der Waals surface area contributed by atoms with Crippen molar-refractivity contribution in [3.05, 3.63) is 53.8 Å². The highest BCUT2D eigenvalue weighted by molar-refractivity contribution is 14.0. The highest BCUT2D eigenvalue weighted by Gasteiger charge is 2.07. The van der Waals surface area contributed by atoms with Crippen LogP contribution in [0.25, 0.3) is 0 Å². The first kappa shape index (κ1) is 26.8. The van der Waals surface area contributed by atoms with Gasteiger partial charge in [0.2, 0.25) is 0 Å². The fraction of sp³-hybridized carbons (Fsp3) is 0.409. The first-order valence-corrected chi connectivity index (χ1v) is 9.85. The Morgan fingerprint density at radius 3 is 2.42 bits per heavy atom. The molecule has 0 aliphatic heterocycles. The fourth-order valence-corrected chi connectivity index (χ4v) is 2.68. The molecule has 0 aromatic heterocycles. The van der Waals surface area contributed by atoms with Gasteiger partial charge in [0, 0.05) is 13.1 Å². The zero-order chi connectivity index (χ0) is 21.8. The van der Waals surface area contributed by atoms with E-state index in [0.29, 0.717) is 36.3 Å². The largest absolute Gasteiger partial charge is 0.493 e. The molecule has 0 radical (unpaired) electrons. The van der Waals surface area contributed by atoms with Crippen LogP contribution >= 0.6 is 24.0 Å². The Hall–Kier alpha value is -2.27. The number of aliphatic hydroxyl groups is 1. The second-order valence-electron chi connectivity index (χ2n) is 6.50. The lowest BCUT2D eigenvalue weighted by Crippen LogP contribution is -2.39. The van der Waals surface area contributed by atoms with Crippen molar-refractivity contribution in [1.82, 2.24) is 10.6 Å². The van der Waals surface area contributed by atoms with E-state index >= 15 is 0 Å². The van der Waals surface area contributed by atoms with Crippen LogP contribution in [0, 0.1) is 5.82 Å². The van der Waals surface area contributed by atoms with Gasteiger partial charge in [-0.2, -0.15) is 0 Å². The van der Waals surface area contributed by atoms with Gasteiger partial charge in [-0.15, -0.1) is 24.0 Å². The number of nitrogens with zero attached hydrogens (tertiary/aromatic N) is 1. The number of hydrogen-bond acceptors (Lipinski definition) is 5. The number of nitrogens with one attached hydrogen (secondary N) is 2. The van der Waals surface area contributed by atoms with Gasteiger partial charge >= 0.3 is 0 Å². The summed E-state index contributed by atoms with van der Waals surface area (Å²) in [6.07, 6.45) is -0.0163. The zero-order valence-electron chi connectivity index (χ0n) is 18.1. The van der Waals surface area contributed by atoms with Crippen molar-refractivity contribution in [2.45, 2.75) is 19.4 Å². The smallest absolute Gasteiger partial charge is 0.191 e. The monoisotopic (exact) mass is 547 g/mol. The fourth-order valence-electron chi connectivity index (χ4n) is 2.68. The lowest BCUT2D eigenvalue weighted by atomic mass is 10.1. The van der Waals surface area contributed by atoms with Crippen LogP contribution in [0.15, 0.2) is 47.5 Å². The molecule has 3 N–H and O–H groups in total. The number of hydrogen-bond donors (Lipinski definition) is 3. The minimum absolute atomic E-state index is 0. The Balaban J connectivity index is 0.00000480. The first-order valence-electron chi connectivity index (χ1n) is 9.85. The van der Waals surface area contributed by atoms with Crippen molar-refractivity contribution >= 4 is 29.9 Å². The van der Waals surface area contributed by atoms with Crippen molar-refractivity contribution in [2.75, 3.05) is 40.5 Å². The van der Waals surface area contributed by atoms with Crippen LogP contribution in [0.2, 0.25) is 0 Å². The molecular formula is C22H31FIN3O4. The predicted octanol–water partition coefficient (Wildman–Crippen LogP) is 3.00. The molecule has 0 amide bonds. The summed E-state index contributed by atoms with van der Waals surface area (Å²) in [5.74, 6) is 2.17. The Morgan fingerprint density at radius 1 is 1.06 bits per heavy atom. The molecule has 0 saturated carbocycles. The molecule has 0 bridgehead atoms. The number of benzene rings is 2. The molecule has 1 atom stereocenters. The summed E-state index contributed by atoms with van der Waals surface area (Å²) in [4.78, 5) is 4.39. The second kappa shape index (κ2) is 14.7. The van der Waals surface area contributed by atoms with Gasteiger partial charge in [0.1, 0.15) is 24.3 Å². The van der Waals surface area contributed by atoms with E-state index in [9.17, 15) is 9.50 Å². The van der Waals surface area contributed by atoms with Crippen LogP contribution in [0.4, 0.5) is 4.39 Å². The Labute approximate surface area is 200 Å². The quantitative estimate of drug-likeness (QED) is 0.228. The van der Waals surface area contributed by atoms with Crippen LogP contribution in [0.1, 0.15) is 12.5 Å². The molecule has 9 heteroatoms. The third kappa shape index (κ3) is 9.60. The summed E-state index contributed by atoms with van der Waals surface area (Å²) in [6.45, 7) is 3.57. The zero-order valence-corrected chi connectivity index (χ0v) is 20.4. The lowest BCUT2D eigenvalue weighted by Gasteiger charge is -2.14. The summed E-state index contributed by atoms with van der Waals surface area (Å²) in [6, 6.07) is 11.5. The molecule has 31 heavy (non-hydrogen) atoms. The van der Waals surface area contributed by atoms with Crippen LogP contribution in [-0.4, -0.2) is 57.6 Å². The third-order valence-electron chi connectivity index (χ3n) is 4.21. The Kier molecular flexibility index (Phi) is 12.7. The minimum Gasteiger partial charge on any atom is -0.493 e. The van der Waals surface area contributed by atoms with Gasteiger partial charge in [-0.3, -0.25) is 4.99 Å². The Morgan fingerprint density at radius 2 is 1.77 bits per heavy atom. The van der Waals surface area contributed by atoms with Crippen molar-refractivity contribution in [3.8, 4) is 17.2 Å². The third-order valence-corrected chi connectivity index (χ3v) is 4.21. The summed E-state index contributed by atoms with van der Waals surface area (Å²) in [5, 5.41) is 16.5. The maximum absolute atomic E-state index is 12.9. The van der Waals surface area contributed by atoms with Crippen LogP contribution in [0.3, 0.4) is 0 Å². The summed E-state index contributed by atoms with van der Waals surface area (Å²) < 4.78 is 28.9. The molecular weight excluding hydrogens is 516 g/mol. The molecule has 2 aromatic rings. The number of ether oxygens (including phenoxy) is 3. The van der Waals surface area contributed by atoms with Gasteiger partial charge in [0.25, 0.3) is 0 Å². The summed E-state index contributed by atoms with van der Waals surface area (Å²) >= 11 is 0. The average molecular weight is 547 g/mol. The van der Waals surface area contributed by atoms with Crippen LogP contribution in [-0.2, 0) is 6.42 Å². The normalized spacial score (nSPS) is 11.8. The predicted molar refractivity (Wildman–Crippen MR) is 131 cm³/mol. The average Bonchev–Trinajstić information content (AvgIpc) is 2.76. The second-order valence-corrected chi connectivity index (χ2v) is 6.50. The molecule has 0 fully saturated rings. The number of aliphatic hydroxyl groups excluding tert-OH is 1. The standard InChI is InChI=1S/C22H30FN3O4.HI/c1-4-24-22(25-12-11-16-5-10-20(28-2)21(13-16)29-3)26-14-18(27)15-30-19-8-6-17(23)7-9-19;/h5-10,13,18,27H,4,11-12,14-15H2,1-3H3,(H2,24,25,26);1H. The maximum Gasteiger partial charge on any atom is 0.191 e. The molecule has 0 heterocycles. The molecule has 0 saturated heterocycles. The van der Waals surface area contributed by atoms with Gasteiger partial charge in [-0.25, -0.2) is 4.39 Å². The number of aliphatic imine (C=N–C) groups is 1. The molecule has 0 spiro atoms. The minimum atomic E-state index is -0.781. The van der Waals surface area contributed by atoms with E-state index in [2.05, 4.69) is 15.6 Å². The van der Waals surface area contributed by atoms with Gasteiger partial charge in [0.15, 0.2) is 17.5 Å². The van der Waals surface area contributed by atoms with Gasteiger partial charge in [0.05, 0.1) is 20.8 Å². The van der Waals surface area contributed by atoms with Crippen LogP contribution < -0.4 is 24.8 Å². The van der Waals surface area contributed by atoms with Crippen molar-refractivity contribution in [2.24, 2.45) is 4.99 Å². The molecule has 2 aromatic carbocycles. The summed E-state index contributed by atoms with van der Waals surface area (Å²) in [5.41, 5.74) is 1.10. The number of methoxy groups -OCH3 is 2. The number of guanidine groups is 1. The van der Waals surface area contributed by atoms with Gasteiger partial charge in [-0.1, -0.05) is 6.07 Å². The van der Waals surface area contributed by atoms with E-state index in [4.69, 9.17) is 14.2 Å². The van der Waals surface area contributed by atoms with E-state index in [1.54, 1.807) is 14.2 Å². The SMILES string of the molecule is CCNC(=NCC(O)COc1ccc(F)cc1)NCCc1ccc(OC)c(OC)c1.I. The van der Waals surface area contributed by atoms with Gasteiger partial charge < -0.3 is 30.0 Å². The van der Waals surface area contributed by atoms with Crippen molar-refractivity contribution in [3.63, 3.8) is 0 Å². The van der Waals surface area contributed by atoms with Crippen LogP contribution in [0.5, 0.6) is 17.2 Å². The van der Waals surface area contributed by atoms with Gasteiger partial charge in [-0.05, 0) is 55.3 Å². The molecule has 172 valence electrons. The van der Waals surface area contributed by atoms with E-state index in [1.165, 1.54) is 24.3 Å². The van der Waals surface area contributed by atoms with E-state index < -0.39 is 6.10 Å². The molecule has 0 aliphatic carbocycles. The van der Waals surface area contributed by atoms with Crippen molar-refractivity contribution < 1.29 is 23.7 Å². The first-order chi connectivity index (χ1) is 14.5. The van der Waals surface area contributed by atoms with E-state index in [1.807, 2.05) is 25.1 Å². The lowest BCUT2D eigenvalue weighted by molar-refractivity contribution is 0.114. The molecule has 1 unspecified atom stereocenters. The highest BCUT2D eigenvalue weighted by atomic mass is 127. The Bertz CT molecular complexity index is 806. The molecule has 2 rings (SSSR count). The van der Waals surface area contributed by atoms with E-state index in [-0.39, 0.29) is 42.9 Å². The molecule has 7 nitrogen and oxygen atoms in total. The molecule has 0 aliphatic rings. The topological polar surface area (TPSA) is 84.3 Å². The number of rotatable bonds is 11. The van der Waals surface area contributed by atoms with E-state index in [0.717, 1.165) is 12.0 Å². The number of halogens is 2. The highest BCUT2D eigenvalue weighted by Crippen LogP contribution is 2.27. The maximum atomic E-state index is 12.9. The summed E-state index contributed by atoms with van der Waals surface area (Å²) in [7, 11) is 3.22.